The highest BCUT2D eigenvalue weighted by molar-refractivity contribution is 5.85. The van der Waals surface area contributed by atoms with Gasteiger partial charge in [-0.05, 0) is 12.1 Å². The van der Waals surface area contributed by atoms with Gasteiger partial charge in [-0.15, -0.1) is 24.8 Å². The van der Waals surface area contributed by atoms with Gasteiger partial charge in [0, 0.05) is 32.2 Å². The summed E-state index contributed by atoms with van der Waals surface area (Å²) >= 11 is 0. The number of rotatable bonds is 1. The SMILES string of the molecule is Cl.Cl.Oc1cc(F)ccc1N1CCNCC1. The van der Waals surface area contributed by atoms with Crippen molar-refractivity contribution in [3.05, 3.63) is 24.0 Å². The molecule has 0 unspecified atom stereocenters. The summed E-state index contributed by atoms with van der Waals surface area (Å²) in [6, 6.07) is 4.14. The molecule has 1 fully saturated rings. The van der Waals surface area contributed by atoms with Crippen molar-refractivity contribution in [3.8, 4) is 5.75 Å². The fraction of sp³-hybridized carbons (Fsp3) is 0.400. The molecule has 0 atom stereocenters. The third kappa shape index (κ3) is 3.40. The van der Waals surface area contributed by atoms with Crippen molar-refractivity contribution in [2.45, 2.75) is 0 Å². The van der Waals surface area contributed by atoms with Crippen LogP contribution in [0.15, 0.2) is 18.2 Å². The van der Waals surface area contributed by atoms with Gasteiger partial charge in [0.15, 0.2) is 0 Å². The summed E-state index contributed by atoms with van der Waals surface area (Å²) in [5.74, 6) is -0.381. The minimum absolute atomic E-state index is 0. The number of phenolic OH excluding ortho intramolecular Hbond substituents is 1. The Labute approximate surface area is 106 Å². The molecule has 92 valence electrons. The Balaban J connectivity index is 0.00000112. The molecule has 0 bridgehead atoms. The maximum Gasteiger partial charge on any atom is 0.141 e. The van der Waals surface area contributed by atoms with Gasteiger partial charge in [0.05, 0.1) is 5.69 Å². The summed E-state index contributed by atoms with van der Waals surface area (Å²) < 4.78 is 12.7. The van der Waals surface area contributed by atoms with Crippen molar-refractivity contribution in [2.24, 2.45) is 0 Å². The highest BCUT2D eigenvalue weighted by Gasteiger charge is 2.13. The van der Waals surface area contributed by atoms with E-state index in [0.717, 1.165) is 32.2 Å². The van der Waals surface area contributed by atoms with Crippen LogP contribution in [0.25, 0.3) is 0 Å². The normalized spacial score (nSPS) is 14.9. The average molecular weight is 269 g/mol. The second kappa shape index (κ2) is 6.78. The molecule has 2 N–H and O–H groups in total. The first kappa shape index (κ1) is 15.3. The van der Waals surface area contributed by atoms with Gasteiger partial charge in [0.2, 0.25) is 0 Å². The number of nitrogens with zero attached hydrogens (tertiary/aromatic N) is 1. The van der Waals surface area contributed by atoms with Gasteiger partial charge in [0.25, 0.3) is 0 Å². The van der Waals surface area contributed by atoms with Gasteiger partial charge in [-0.1, -0.05) is 0 Å². The number of aromatic hydroxyl groups is 1. The molecule has 6 heteroatoms. The Morgan fingerprint density at radius 3 is 2.38 bits per heavy atom. The third-order valence-electron chi connectivity index (χ3n) is 2.40. The highest BCUT2D eigenvalue weighted by atomic mass is 35.5. The number of halogens is 3. The Morgan fingerprint density at radius 1 is 1.19 bits per heavy atom. The van der Waals surface area contributed by atoms with Crippen molar-refractivity contribution in [2.75, 3.05) is 31.1 Å². The summed E-state index contributed by atoms with van der Waals surface area (Å²) in [4.78, 5) is 2.05. The minimum Gasteiger partial charge on any atom is -0.506 e. The molecular formula is C10H15Cl2FN2O. The molecule has 1 heterocycles. The molecule has 1 aromatic rings. The second-order valence-electron chi connectivity index (χ2n) is 3.37. The lowest BCUT2D eigenvalue weighted by Crippen LogP contribution is -2.43. The molecule has 16 heavy (non-hydrogen) atoms. The van der Waals surface area contributed by atoms with E-state index >= 15 is 0 Å². The molecule has 3 nitrogen and oxygen atoms in total. The Kier molecular flexibility index (Phi) is 6.48. The molecular weight excluding hydrogens is 254 g/mol. The molecule has 0 aromatic heterocycles. The van der Waals surface area contributed by atoms with Gasteiger partial charge >= 0.3 is 0 Å². The maximum absolute atomic E-state index is 12.7. The zero-order chi connectivity index (χ0) is 9.97. The molecule has 0 aliphatic carbocycles. The van der Waals surface area contributed by atoms with Crippen molar-refractivity contribution >= 4 is 30.5 Å². The maximum atomic E-state index is 12.7. The molecule has 1 aliphatic heterocycles. The summed E-state index contributed by atoms with van der Waals surface area (Å²) in [6.45, 7) is 3.49. The van der Waals surface area contributed by atoms with Crippen LogP contribution in [0, 0.1) is 5.82 Å². The number of nitrogens with one attached hydrogen (secondary N) is 1. The van der Waals surface area contributed by atoms with Crippen LogP contribution in [0.1, 0.15) is 0 Å². The minimum atomic E-state index is -0.401. The second-order valence-corrected chi connectivity index (χ2v) is 3.37. The first-order valence-electron chi connectivity index (χ1n) is 4.71. The Morgan fingerprint density at radius 2 is 1.81 bits per heavy atom. The van der Waals surface area contributed by atoms with E-state index in [1.54, 1.807) is 6.07 Å². The number of phenols is 1. The summed E-state index contributed by atoms with van der Waals surface area (Å²) in [5.41, 5.74) is 0.716. The lowest BCUT2D eigenvalue weighted by atomic mass is 10.2. The van der Waals surface area contributed by atoms with E-state index in [4.69, 9.17) is 0 Å². The van der Waals surface area contributed by atoms with E-state index in [9.17, 15) is 9.50 Å². The number of anilines is 1. The van der Waals surface area contributed by atoms with Crippen LogP contribution in [0.5, 0.6) is 5.75 Å². The van der Waals surface area contributed by atoms with Crippen LogP contribution in [0.3, 0.4) is 0 Å². The van der Waals surface area contributed by atoms with E-state index in [2.05, 4.69) is 5.32 Å². The molecule has 1 saturated heterocycles. The smallest absolute Gasteiger partial charge is 0.141 e. The average Bonchev–Trinajstić information content (AvgIpc) is 2.19. The number of hydrogen-bond donors (Lipinski definition) is 2. The van der Waals surface area contributed by atoms with E-state index in [1.165, 1.54) is 6.07 Å². The van der Waals surface area contributed by atoms with Crippen LogP contribution < -0.4 is 10.2 Å². The predicted molar refractivity (Wildman–Crippen MR) is 67.6 cm³/mol. The Hall–Kier alpha value is -0.710. The highest BCUT2D eigenvalue weighted by Crippen LogP contribution is 2.27. The number of benzene rings is 1. The zero-order valence-corrected chi connectivity index (χ0v) is 10.3. The molecule has 0 saturated carbocycles. The van der Waals surface area contributed by atoms with Crippen LogP contribution in [-0.4, -0.2) is 31.3 Å². The standard InChI is InChI=1S/C10H13FN2O.2ClH/c11-8-1-2-9(10(14)7-8)13-5-3-12-4-6-13;;/h1-2,7,12,14H,3-6H2;2*1H. The molecule has 1 aliphatic rings. The molecule has 0 radical (unpaired) electrons. The van der Waals surface area contributed by atoms with Crippen LogP contribution in [0.4, 0.5) is 10.1 Å². The van der Waals surface area contributed by atoms with E-state index in [1.807, 2.05) is 4.90 Å². The topological polar surface area (TPSA) is 35.5 Å². The summed E-state index contributed by atoms with van der Waals surface area (Å²) in [7, 11) is 0. The fourth-order valence-electron chi connectivity index (χ4n) is 1.67. The van der Waals surface area contributed by atoms with Gasteiger partial charge in [-0.25, -0.2) is 4.39 Å². The quantitative estimate of drug-likeness (QED) is 0.815. The van der Waals surface area contributed by atoms with Gasteiger partial charge in [0.1, 0.15) is 11.6 Å². The van der Waals surface area contributed by atoms with Crippen LogP contribution in [0.2, 0.25) is 0 Å². The van der Waals surface area contributed by atoms with Gasteiger partial charge < -0.3 is 15.3 Å². The fourth-order valence-corrected chi connectivity index (χ4v) is 1.67. The van der Waals surface area contributed by atoms with Crippen LogP contribution >= 0.6 is 24.8 Å². The largest absolute Gasteiger partial charge is 0.506 e. The lowest BCUT2D eigenvalue weighted by Gasteiger charge is -2.29. The summed E-state index contributed by atoms with van der Waals surface area (Å²) in [5, 5.41) is 12.8. The van der Waals surface area contributed by atoms with Crippen molar-refractivity contribution in [1.29, 1.82) is 0 Å². The van der Waals surface area contributed by atoms with Crippen molar-refractivity contribution in [3.63, 3.8) is 0 Å². The predicted octanol–water partition coefficient (Wildman–Crippen LogP) is 1.78. The Bertz CT molecular complexity index is 333. The molecule has 1 aromatic carbocycles. The number of piperazine rings is 1. The molecule has 0 amide bonds. The number of hydrogen-bond acceptors (Lipinski definition) is 3. The molecule has 0 spiro atoms. The van der Waals surface area contributed by atoms with E-state index in [0.29, 0.717) is 5.69 Å². The first-order valence-corrected chi connectivity index (χ1v) is 4.71. The van der Waals surface area contributed by atoms with Gasteiger partial charge in [-0.3, -0.25) is 0 Å². The monoisotopic (exact) mass is 268 g/mol. The summed E-state index contributed by atoms with van der Waals surface area (Å²) in [6.07, 6.45) is 0. The van der Waals surface area contributed by atoms with Gasteiger partial charge in [-0.2, -0.15) is 0 Å². The van der Waals surface area contributed by atoms with Crippen molar-refractivity contribution < 1.29 is 9.50 Å². The zero-order valence-electron chi connectivity index (χ0n) is 8.65. The van der Waals surface area contributed by atoms with Crippen molar-refractivity contribution in [1.82, 2.24) is 5.32 Å². The third-order valence-corrected chi connectivity index (χ3v) is 2.40. The van der Waals surface area contributed by atoms with E-state index < -0.39 is 5.82 Å². The lowest BCUT2D eigenvalue weighted by molar-refractivity contribution is 0.464. The molecule has 2 rings (SSSR count). The first-order chi connectivity index (χ1) is 6.77. The van der Waals surface area contributed by atoms with Crippen LogP contribution in [-0.2, 0) is 0 Å². The van der Waals surface area contributed by atoms with E-state index in [-0.39, 0.29) is 30.6 Å².